The number of aryl methyl sites for hydroxylation is 1. The number of nitrogens with one attached hydrogen (secondary N) is 2. The van der Waals surface area contributed by atoms with Crippen LogP contribution in [0.15, 0.2) is 64.3 Å². The second kappa shape index (κ2) is 9.45. The average molecular weight is 392 g/mol. The van der Waals surface area contributed by atoms with Gasteiger partial charge in [-0.2, -0.15) is 5.10 Å². The number of hydrogen-bond acceptors (Lipinski definition) is 3. The number of aliphatic imine (C=N–C) groups is 1. The lowest BCUT2D eigenvalue weighted by Gasteiger charge is -2.17. The largest absolute Gasteiger partial charge is 0.469 e. The van der Waals surface area contributed by atoms with E-state index < -0.39 is 0 Å². The number of rotatable bonds is 7. The van der Waals surface area contributed by atoms with E-state index in [1.54, 1.807) is 6.26 Å². The summed E-state index contributed by atoms with van der Waals surface area (Å²) in [5, 5.41) is 11.7. The van der Waals surface area contributed by atoms with Crippen molar-refractivity contribution in [3.8, 4) is 11.3 Å². The average Bonchev–Trinajstić information content (AvgIpc) is 3.49. The highest BCUT2D eigenvalue weighted by Crippen LogP contribution is 2.22. The number of hydrogen-bond donors (Lipinski definition) is 2. The normalized spacial score (nSPS) is 15.0. The van der Waals surface area contributed by atoms with Gasteiger partial charge in [0.1, 0.15) is 5.76 Å². The van der Waals surface area contributed by atoms with Gasteiger partial charge in [0.25, 0.3) is 0 Å². The minimum absolute atomic E-state index is 0.507. The Morgan fingerprint density at radius 1 is 1.17 bits per heavy atom. The molecule has 4 rings (SSSR count). The predicted octanol–water partition coefficient (Wildman–Crippen LogP) is 3.90. The third-order valence-electron chi connectivity index (χ3n) is 5.30. The van der Waals surface area contributed by atoms with Crippen molar-refractivity contribution in [3.05, 3.63) is 66.2 Å². The SMILES string of the molecule is Cn1cc(CN=C(NCCc2ccco2)NC2CCCC2)c(-c2ccccc2)n1. The number of furan rings is 1. The summed E-state index contributed by atoms with van der Waals surface area (Å²) in [6, 6.07) is 14.7. The molecule has 0 spiro atoms. The van der Waals surface area contributed by atoms with Crippen LogP contribution in [0.5, 0.6) is 0 Å². The zero-order valence-electron chi connectivity index (χ0n) is 17.0. The lowest BCUT2D eigenvalue weighted by Crippen LogP contribution is -2.43. The van der Waals surface area contributed by atoms with Crippen molar-refractivity contribution in [1.29, 1.82) is 0 Å². The Bertz CT molecular complexity index is 908. The number of benzene rings is 1. The molecule has 0 radical (unpaired) electrons. The molecule has 0 aliphatic heterocycles. The Kier molecular flexibility index (Phi) is 6.29. The third-order valence-corrected chi connectivity index (χ3v) is 5.30. The maximum absolute atomic E-state index is 5.43. The summed E-state index contributed by atoms with van der Waals surface area (Å²) in [7, 11) is 1.96. The molecule has 1 aliphatic carbocycles. The lowest BCUT2D eigenvalue weighted by molar-refractivity contribution is 0.506. The van der Waals surface area contributed by atoms with Crippen molar-refractivity contribution < 1.29 is 4.42 Å². The second-order valence-corrected chi connectivity index (χ2v) is 7.59. The molecule has 0 amide bonds. The molecule has 0 bridgehead atoms. The van der Waals surface area contributed by atoms with Gasteiger partial charge in [-0.05, 0) is 25.0 Å². The summed E-state index contributed by atoms with van der Waals surface area (Å²) >= 11 is 0. The molecule has 1 aromatic carbocycles. The van der Waals surface area contributed by atoms with Gasteiger partial charge in [0.15, 0.2) is 5.96 Å². The van der Waals surface area contributed by atoms with Crippen LogP contribution < -0.4 is 10.6 Å². The molecule has 2 heterocycles. The van der Waals surface area contributed by atoms with Gasteiger partial charge in [-0.25, -0.2) is 4.99 Å². The van der Waals surface area contributed by atoms with Crippen molar-refractivity contribution in [2.24, 2.45) is 12.0 Å². The molecule has 0 saturated heterocycles. The molecule has 6 nitrogen and oxygen atoms in total. The number of nitrogens with zero attached hydrogens (tertiary/aromatic N) is 3. The molecular weight excluding hydrogens is 362 g/mol. The highest BCUT2D eigenvalue weighted by atomic mass is 16.3. The van der Waals surface area contributed by atoms with E-state index in [-0.39, 0.29) is 0 Å². The first-order chi connectivity index (χ1) is 14.3. The van der Waals surface area contributed by atoms with E-state index in [0.717, 1.165) is 41.5 Å². The minimum Gasteiger partial charge on any atom is -0.469 e. The fraction of sp³-hybridized carbons (Fsp3) is 0.391. The van der Waals surface area contributed by atoms with Crippen LogP contribution in [-0.4, -0.2) is 28.3 Å². The van der Waals surface area contributed by atoms with Gasteiger partial charge < -0.3 is 15.1 Å². The van der Waals surface area contributed by atoms with E-state index in [4.69, 9.17) is 9.41 Å². The molecular formula is C23H29N5O. The summed E-state index contributed by atoms with van der Waals surface area (Å²) in [5.74, 6) is 1.85. The fourth-order valence-electron chi connectivity index (χ4n) is 3.83. The molecule has 0 atom stereocenters. The summed E-state index contributed by atoms with van der Waals surface area (Å²) in [6.07, 6.45) is 9.61. The molecule has 152 valence electrons. The monoisotopic (exact) mass is 391 g/mol. The molecule has 29 heavy (non-hydrogen) atoms. The van der Waals surface area contributed by atoms with E-state index in [9.17, 15) is 0 Å². The van der Waals surface area contributed by atoms with Crippen LogP contribution in [0.3, 0.4) is 0 Å². The number of aromatic nitrogens is 2. The molecule has 1 aliphatic rings. The van der Waals surface area contributed by atoms with Crippen LogP contribution in [-0.2, 0) is 20.0 Å². The van der Waals surface area contributed by atoms with Gasteiger partial charge in [0.05, 0.1) is 18.5 Å². The van der Waals surface area contributed by atoms with E-state index in [0.29, 0.717) is 12.6 Å². The zero-order valence-corrected chi connectivity index (χ0v) is 17.0. The molecule has 3 aromatic rings. The molecule has 6 heteroatoms. The summed E-state index contributed by atoms with van der Waals surface area (Å²) in [6.45, 7) is 1.37. The van der Waals surface area contributed by atoms with Crippen molar-refractivity contribution >= 4 is 5.96 Å². The van der Waals surface area contributed by atoms with Crippen LogP contribution in [0.1, 0.15) is 37.0 Å². The van der Waals surface area contributed by atoms with Gasteiger partial charge in [0.2, 0.25) is 0 Å². The van der Waals surface area contributed by atoms with Gasteiger partial charge in [-0.3, -0.25) is 4.68 Å². The van der Waals surface area contributed by atoms with Crippen LogP contribution in [0.2, 0.25) is 0 Å². The van der Waals surface area contributed by atoms with Gasteiger partial charge >= 0.3 is 0 Å². The van der Waals surface area contributed by atoms with Crippen molar-refractivity contribution in [1.82, 2.24) is 20.4 Å². The van der Waals surface area contributed by atoms with E-state index in [2.05, 4.69) is 34.1 Å². The first kappa shape index (κ1) is 19.3. The summed E-state index contributed by atoms with van der Waals surface area (Å²) in [5.41, 5.74) is 3.24. The smallest absolute Gasteiger partial charge is 0.191 e. The second-order valence-electron chi connectivity index (χ2n) is 7.59. The quantitative estimate of drug-likeness (QED) is 0.473. The maximum atomic E-state index is 5.43. The first-order valence-electron chi connectivity index (χ1n) is 10.4. The Morgan fingerprint density at radius 3 is 2.76 bits per heavy atom. The fourth-order valence-corrected chi connectivity index (χ4v) is 3.83. The summed E-state index contributed by atoms with van der Waals surface area (Å²) in [4.78, 5) is 4.89. The summed E-state index contributed by atoms with van der Waals surface area (Å²) < 4.78 is 7.30. The van der Waals surface area contributed by atoms with E-state index >= 15 is 0 Å². The van der Waals surface area contributed by atoms with Crippen molar-refractivity contribution in [2.45, 2.75) is 44.7 Å². The maximum Gasteiger partial charge on any atom is 0.191 e. The standard InChI is InChI=1S/C23H29N5O/c1-28-17-19(22(27-28)18-8-3-2-4-9-18)16-25-23(26-20-10-5-6-11-20)24-14-13-21-12-7-15-29-21/h2-4,7-9,12,15,17,20H,5-6,10-11,13-14,16H2,1H3,(H2,24,25,26). The lowest BCUT2D eigenvalue weighted by atomic mass is 10.1. The highest BCUT2D eigenvalue weighted by Gasteiger charge is 2.16. The highest BCUT2D eigenvalue weighted by molar-refractivity contribution is 5.80. The molecule has 1 saturated carbocycles. The predicted molar refractivity (Wildman–Crippen MR) is 116 cm³/mol. The Balaban J connectivity index is 1.46. The Labute approximate surface area is 172 Å². The van der Waals surface area contributed by atoms with Crippen LogP contribution >= 0.6 is 0 Å². The van der Waals surface area contributed by atoms with Gasteiger partial charge in [0, 0.05) is 43.4 Å². The minimum atomic E-state index is 0.507. The van der Waals surface area contributed by atoms with E-state index in [1.807, 2.05) is 42.1 Å². The van der Waals surface area contributed by atoms with Crippen LogP contribution in [0.25, 0.3) is 11.3 Å². The molecule has 1 fully saturated rings. The Morgan fingerprint density at radius 2 is 2.00 bits per heavy atom. The van der Waals surface area contributed by atoms with Crippen molar-refractivity contribution in [2.75, 3.05) is 6.54 Å². The first-order valence-corrected chi connectivity index (χ1v) is 10.4. The van der Waals surface area contributed by atoms with E-state index in [1.165, 1.54) is 25.7 Å². The Hall–Kier alpha value is -3.02. The van der Waals surface area contributed by atoms with Crippen molar-refractivity contribution in [3.63, 3.8) is 0 Å². The number of guanidine groups is 1. The molecule has 2 N–H and O–H groups in total. The molecule has 2 aromatic heterocycles. The topological polar surface area (TPSA) is 67.4 Å². The third kappa shape index (κ3) is 5.28. The van der Waals surface area contributed by atoms with Crippen LogP contribution in [0.4, 0.5) is 0 Å². The van der Waals surface area contributed by atoms with Crippen LogP contribution in [0, 0.1) is 0 Å². The van der Waals surface area contributed by atoms with Gasteiger partial charge in [-0.15, -0.1) is 0 Å². The zero-order chi connectivity index (χ0) is 19.9. The molecule has 0 unspecified atom stereocenters. The van der Waals surface area contributed by atoms with Gasteiger partial charge in [-0.1, -0.05) is 43.2 Å².